The van der Waals surface area contributed by atoms with E-state index in [1.165, 1.54) is 9.58 Å². The standard InChI is InChI=1S/C13H21N3O3/c1-6-9-7-10(15(5)14-9)12(19)16(8-11(17)18)13(2,3)4/h7H,6,8H2,1-5H3,(H,17,18). The van der Waals surface area contributed by atoms with Crippen LogP contribution in [0.2, 0.25) is 0 Å². The number of amides is 1. The van der Waals surface area contributed by atoms with Crippen LogP contribution in [0.1, 0.15) is 43.9 Å². The SMILES string of the molecule is CCc1cc(C(=O)N(CC(=O)O)C(C)(C)C)n(C)n1. The van der Waals surface area contributed by atoms with Gasteiger partial charge in [-0.25, -0.2) is 0 Å². The van der Waals surface area contributed by atoms with Crippen molar-refractivity contribution in [3.8, 4) is 0 Å². The Balaban J connectivity index is 3.11. The van der Waals surface area contributed by atoms with E-state index in [4.69, 9.17) is 5.11 Å². The number of carbonyl (C=O) groups excluding carboxylic acids is 1. The molecular weight excluding hydrogens is 246 g/mol. The summed E-state index contributed by atoms with van der Waals surface area (Å²) in [6.07, 6.45) is 0.732. The molecule has 0 fully saturated rings. The largest absolute Gasteiger partial charge is 0.480 e. The highest BCUT2D eigenvalue weighted by molar-refractivity contribution is 5.95. The van der Waals surface area contributed by atoms with Gasteiger partial charge in [-0.2, -0.15) is 5.10 Å². The molecular formula is C13H21N3O3. The Morgan fingerprint density at radius 3 is 2.37 bits per heavy atom. The van der Waals surface area contributed by atoms with Gasteiger partial charge in [-0.1, -0.05) is 6.92 Å². The van der Waals surface area contributed by atoms with E-state index < -0.39 is 11.5 Å². The number of aliphatic carboxylic acids is 1. The molecule has 0 atom stereocenters. The summed E-state index contributed by atoms with van der Waals surface area (Å²) in [7, 11) is 1.69. The van der Waals surface area contributed by atoms with Crippen LogP contribution < -0.4 is 0 Å². The molecule has 0 aliphatic rings. The summed E-state index contributed by atoms with van der Waals surface area (Å²) in [6, 6.07) is 1.71. The van der Waals surface area contributed by atoms with Crippen LogP contribution in [-0.4, -0.2) is 43.7 Å². The van der Waals surface area contributed by atoms with Gasteiger partial charge in [0.05, 0.1) is 5.69 Å². The van der Waals surface area contributed by atoms with Gasteiger partial charge >= 0.3 is 5.97 Å². The molecule has 106 valence electrons. The molecule has 0 aliphatic carbocycles. The third kappa shape index (κ3) is 3.56. The van der Waals surface area contributed by atoms with E-state index in [1.54, 1.807) is 13.1 Å². The summed E-state index contributed by atoms with van der Waals surface area (Å²) in [5.74, 6) is -1.34. The fourth-order valence-corrected chi connectivity index (χ4v) is 1.79. The second-order valence-electron chi connectivity index (χ2n) is 5.45. The van der Waals surface area contributed by atoms with Gasteiger partial charge in [0.25, 0.3) is 5.91 Å². The number of rotatable bonds is 4. The van der Waals surface area contributed by atoms with Gasteiger partial charge in [-0.05, 0) is 33.3 Å². The highest BCUT2D eigenvalue weighted by atomic mass is 16.4. The first kappa shape index (κ1) is 15.2. The lowest BCUT2D eigenvalue weighted by atomic mass is 10.1. The summed E-state index contributed by atoms with van der Waals surface area (Å²) in [6.45, 7) is 7.06. The third-order valence-electron chi connectivity index (χ3n) is 2.86. The second kappa shape index (κ2) is 5.42. The van der Waals surface area contributed by atoms with Crippen molar-refractivity contribution in [3.63, 3.8) is 0 Å². The zero-order chi connectivity index (χ0) is 14.8. The normalized spacial score (nSPS) is 11.4. The molecule has 0 aromatic carbocycles. The van der Waals surface area contributed by atoms with Crippen LogP contribution in [0.25, 0.3) is 0 Å². The maximum absolute atomic E-state index is 12.5. The van der Waals surface area contributed by atoms with Crippen molar-refractivity contribution in [1.29, 1.82) is 0 Å². The zero-order valence-corrected chi connectivity index (χ0v) is 12.1. The lowest BCUT2D eigenvalue weighted by Gasteiger charge is -2.34. The number of carboxylic acids is 1. The van der Waals surface area contributed by atoms with E-state index >= 15 is 0 Å². The van der Waals surface area contributed by atoms with Crippen molar-refractivity contribution in [2.45, 2.75) is 39.7 Å². The van der Waals surface area contributed by atoms with Crippen LogP contribution in [-0.2, 0) is 18.3 Å². The van der Waals surface area contributed by atoms with Crippen LogP contribution in [0.4, 0.5) is 0 Å². The Morgan fingerprint density at radius 1 is 1.42 bits per heavy atom. The van der Waals surface area contributed by atoms with Crippen LogP contribution in [0, 0.1) is 0 Å². The van der Waals surface area contributed by atoms with Crippen LogP contribution >= 0.6 is 0 Å². The second-order valence-corrected chi connectivity index (χ2v) is 5.45. The van der Waals surface area contributed by atoms with E-state index in [9.17, 15) is 9.59 Å². The average molecular weight is 267 g/mol. The number of carboxylic acid groups (broad SMARTS) is 1. The predicted molar refractivity (Wildman–Crippen MR) is 71.0 cm³/mol. The van der Waals surface area contributed by atoms with Gasteiger partial charge in [0.15, 0.2) is 0 Å². The molecule has 1 rings (SSSR count). The maximum atomic E-state index is 12.5. The van der Waals surface area contributed by atoms with Crippen molar-refractivity contribution in [2.75, 3.05) is 6.54 Å². The minimum Gasteiger partial charge on any atom is -0.480 e. The minimum atomic E-state index is -1.03. The number of hydrogen-bond donors (Lipinski definition) is 1. The summed E-state index contributed by atoms with van der Waals surface area (Å²) < 4.78 is 1.50. The number of carbonyl (C=O) groups is 2. The molecule has 0 spiro atoms. The van der Waals surface area contributed by atoms with Gasteiger partial charge in [0.2, 0.25) is 0 Å². The number of nitrogens with zero attached hydrogens (tertiary/aromatic N) is 3. The van der Waals surface area contributed by atoms with E-state index in [-0.39, 0.29) is 12.5 Å². The van der Waals surface area contributed by atoms with Crippen molar-refractivity contribution in [1.82, 2.24) is 14.7 Å². The summed E-state index contributed by atoms with van der Waals surface area (Å²) in [4.78, 5) is 24.7. The van der Waals surface area contributed by atoms with Gasteiger partial charge < -0.3 is 10.0 Å². The van der Waals surface area contributed by atoms with Crippen LogP contribution in [0.5, 0.6) is 0 Å². The Kier molecular flexibility index (Phi) is 4.34. The van der Waals surface area contributed by atoms with E-state index in [2.05, 4.69) is 5.10 Å². The Bertz CT molecular complexity index is 486. The fourth-order valence-electron chi connectivity index (χ4n) is 1.79. The molecule has 0 saturated carbocycles. The highest BCUT2D eigenvalue weighted by Crippen LogP contribution is 2.17. The lowest BCUT2D eigenvalue weighted by molar-refractivity contribution is -0.138. The minimum absolute atomic E-state index is 0.315. The molecule has 19 heavy (non-hydrogen) atoms. The zero-order valence-electron chi connectivity index (χ0n) is 12.1. The lowest BCUT2D eigenvalue weighted by Crippen LogP contribution is -2.48. The molecule has 6 heteroatoms. The van der Waals surface area contributed by atoms with Gasteiger partial charge in [-0.15, -0.1) is 0 Å². The van der Waals surface area contributed by atoms with Crippen molar-refractivity contribution in [3.05, 3.63) is 17.5 Å². The molecule has 0 bridgehead atoms. The molecule has 1 aromatic heterocycles. The van der Waals surface area contributed by atoms with Crippen LogP contribution in [0.3, 0.4) is 0 Å². The molecule has 0 saturated heterocycles. The van der Waals surface area contributed by atoms with Gasteiger partial charge in [-0.3, -0.25) is 14.3 Å². The molecule has 1 aromatic rings. The molecule has 1 amide bonds. The van der Waals surface area contributed by atoms with E-state index in [0.29, 0.717) is 5.69 Å². The Labute approximate surface area is 113 Å². The summed E-state index contributed by atoms with van der Waals surface area (Å²) in [5.41, 5.74) is 0.662. The first-order valence-electron chi connectivity index (χ1n) is 6.23. The summed E-state index contributed by atoms with van der Waals surface area (Å²) >= 11 is 0. The average Bonchev–Trinajstić information content (AvgIpc) is 2.65. The van der Waals surface area contributed by atoms with Gasteiger partial charge in [0, 0.05) is 12.6 Å². The van der Waals surface area contributed by atoms with Crippen molar-refractivity contribution in [2.24, 2.45) is 7.05 Å². The van der Waals surface area contributed by atoms with Crippen molar-refractivity contribution < 1.29 is 14.7 Å². The van der Waals surface area contributed by atoms with E-state index in [1.807, 2.05) is 27.7 Å². The van der Waals surface area contributed by atoms with Crippen LogP contribution in [0.15, 0.2) is 6.07 Å². The number of hydrogen-bond acceptors (Lipinski definition) is 3. The monoisotopic (exact) mass is 267 g/mol. The maximum Gasteiger partial charge on any atom is 0.323 e. The molecule has 6 nitrogen and oxygen atoms in total. The number of aryl methyl sites for hydroxylation is 2. The Hall–Kier alpha value is -1.85. The Morgan fingerprint density at radius 2 is 2.00 bits per heavy atom. The molecule has 1 N–H and O–H groups in total. The molecule has 0 unspecified atom stereocenters. The topological polar surface area (TPSA) is 75.4 Å². The molecule has 0 aliphatic heterocycles. The first-order valence-corrected chi connectivity index (χ1v) is 6.23. The summed E-state index contributed by atoms with van der Waals surface area (Å²) in [5, 5.41) is 13.2. The fraction of sp³-hybridized carbons (Fsp3) is 0.615. The first-order chi connectivity index (χ1) is 8.66. The third-order valence-corrected chi connectivity index (χ3v) is 2.86. The van der Waals surface area contributed by atoms with E-state index in [0.717, 1.165) is 12.1 Å². The van der Waals surface area contributed by atoms with Gasteiger partial charge in [0.1, 0.15) is 12.2 Å². The highest BCUT2D eigenvalue weighted by Gasteiger charge is 2.30. The number of aromatic nitrogens is 2. The predicted octanol–water partition coefficient (Wildman–Crippen LogP) is 1.31. The molecule has 1 heterocycles. The quantitative estimate of drug-likeness (QED) is 0.892. The smallest absolute Gasteiger partial charge is 0.323 e. The van der Waals surface area contributed by atoms with Crippen molar-refractivity contribution >= 4 is 11.9 Å². The molecule has 0 radical (unpaired) electrons.